The van der Waals surface area contributed by atoms with Crippen molar-refractivity contribution in [3.8, 4) is 0 Å². The van der Waals surface area contributed by atoms with Gasteiger partial charge in [-0.3, -0.25) is 4.79 Å². The predicted octanol–water partition coefficient (Wildman–Crippen LogP) is 4.54. The number of carbonyl (C=O) groups is 1. The highest BCUT2D eigenvalue weighted by molar-refractivity contribution is 5.69. The first-order valence-corrected chi connectivity index (χ1v) is 19.0. The Balaban J connectivity index is 1.99. The summed E-state index contributed by atoms with van der Waals surface area (Å²) in [5.41, 5.74) is -15.5. The van der Waals surface area contributed by atoms with Gasteiger partial charge >= 0.3 is 5.97 Å². The van der Waals surface area contributed by atoms with Crippen LogP contribution in [0, 0.1) is 0 Å². The van der Waals surface area contributed by atoms with Crippen LogP contribution >= 0.6 is 0 Å². The van der Waals surface area contributed by atoms with Crippen LogP contribution in [-0.4, -0.2) is 112 Å². The molecular formula is C38H72O12. The van der Waals surface area contributed by atoms with Crippen molar-refractivity contribution < 1.29 is 59.5 Å². The van der Waals surface area contributed by atoms with Crippen molar-refractivity contribution in [3.05, 3.63) is 0 Å². The third kappa shape index (κ3) is 8.40. The summed E-state index contributed by atoms with van der Waals surface area (Å²) in [5, 5.41) is 78.9. The number of unbranched alkanes of at least 4 members (excludes halogenated alkanes) is 14. The number of carbonyl (C=O) groups excluding carboxylic acids is 1. The average molecular weight is 721 g/mol. The van der Waals surface area contributed by atoms with E-state index in [0.717, 1.165) is 33.1 Å². The second-order valence-corrected chi connectivity index (χ2v) is 16.5. The molecule has 0 amide bonds. The van der Waals surface area contributed by atoms with Crippen LogP contribution in [-0.2, 0) is 23.7 Å². The Labute approximate surface area is 300 Å². The summed E-state index contributed by atoms with van der Waals surface area (Å²) in [5.74, 6) is -5.43. The summed E-state index contributed by atoms with van der Waals surface area (Å²) in [6.07, 6.45) is 18.2. The van der Waals surface area contributed by atoms with Gasteiger partial charge in [0.15, 0.2) is 0 Å². The van der Waals surface area contributed by atoms with E-state index < -0.39 is 76.6 Å². The molecule has 0 bridgehead atoms. The van der Waals surface area contributed by atoms with Gasteiger partial charge in [-0.05, 0) is 61.8 Å². The zero-order valence-corrected chi connectivity index (χ0v) is 32.6. The summed E-state index contributed by atoms with van der Waals surface area (Å²) < 4.78 is 23.9. The van der Waals surface area contributed by atoms with Gasteiger partial charge in [-0.25, -0.2) is 0 Å². The summed E-state index contributed by atoms with van der Waals surface area (Å²) in [4.78, 5) is 12.8. The molecule has 0 aromatic carbocycles. The lowest BCUT2D eigenvalue weighted by Crippen LogP contribution is -2.86. The Morgan fingerprint density at radius 2 is 0.940 bits per heavy atom. The first-order chi connectivity index (χ1) is 22.9. The smallest absolute Gasteiger partial charge is 0.305 e. The summed E-state index contributed by atoms with van der Waals surface area (Å²) in [6, 6.07) is 0. The molecule has 2 aliphatic rings. The van der Waals surface area contributed by atoms with Crippen LogP contribution < -0.4 is 0 Å². The topological polar surface area (TPSA) is 196 Å². The second kappa shape index (κ2) is 17.0. The fraction of sp³-hybridized carbons (Fsp3) is 0.974. The molecule has 2 heterocycles. The lowest BCUT2D eigenvalue weighted by atomic mass is 9.61. The van der Waals surface area contributed by atoms with E-state index in [4.69, 9.17) is 18.9 Å². The Morgan fingerprint density at radius 3 is 1.34 bits per heavy atom. The lowest BCUT2D eigenvalue weighted by Gasteiger charge is -2.66. The Kier molecular flexibility index (Phi) is 15.4. The molecule has 2 fully saturated rings. The summed E-state index contributed by atoms with van der Waals surface area (Å²) in [6.45, 7) is 9.63. The van der Waals surface area contributed by atoms with Gasteiger partial charge in [0.25, 0.3) is 0 Å². The maximum atomic E-state index is 12.8. The normalized spacial score (nSPS) is 41.8. The maximum Gasteiger partial charge on any atom is 0.305 e. The molecule has 2 rings (SSSR count). The number of ether oxygens (including phenoxy) is 4. The van der Waals surface area contributed by atoms with Crippen LogP contribution in [0.5, 0.6) is 0 Å². The van der Waals surface area contributed by atoms with E-state index >= 15 is 0 Å². The zero-order chi connectivity index (χ0) is 38.3. The van der Waals surface area contributed by atoms with Crippen molar-refractivity contribution >= 4 is 5.97 Å². The van der Waals surface area contributed by atoms with Gasteiger partial charge in [0.1, 0.15) is 52.4 Å². The van der Waals surface area contributed by atoms with E-state index in [1.54, 1.807) is 0 Å². The molecule has 2 aliphatic heterocycles. The van der Waals surface area contributed by atoms with Gasteiger partial charge in [-0.1, -0.05) is 96.8 Å². The van der Waals surface area contributed by atoms with Gasteiger partial charge in [0.2, 0.25) is 11.6 Å². The van der Waals surface area contributed by atoms with Gasteiger partial charge in [-0.15, -0.1) is 0 Å². The predicted molar refractivity (Wildman–Crippen MR) is 189 cm³/mol. The molecule has 296 valence electrons. The van der Waals surface area contributed by atoms with Crippen LogP contribution in [0.15, 0.2) is 0 Å². The SMILES string of the molecule is CCCCCCCCCCCCCCCCCC(=O)OCC1(C)OC(C)(OC2(CO)OC(C)(CO)C(C)(O)C2(C)O)C(C)(O)C(C)(O)C1(C)O. The number of hydrogen-bond donors (Lipinski definition) is 7. The minimum Gasteiger partial charge on any atom is -0.462 e. The monoisotopic (exact) mass is 721 g/mol. The zero-order valence-electron chi connectivity index (χ0n) is 32.6. The molecule has 7 N–H and O–H groups in total. The molecule has 9 unspecified atom stereocenters. The van der Waals surface area contributed by atoms with E-state index in [2.05, 4.69) is 6.92 Å². The highest BCUT2D eigenvalue weighted by Gasteiger charge is 2.80. The largest absolute Gasteiger partial charge is 0.462 e. The minimum absolute atomic E-state index is 0.150. The van der Waals surface area contributed by atoms with Crippen molar-refractivity contribution in [2.24, 2.45) is 0 Å². The molecule has 12 nitrogen and oxygen atoms in total. The fourth-order valence-electron chi connectivity index (χ4n) is 7.57. The van der Waals surface area contributed by atoms with Crippen LogP contribution in [0.3, 0.4) is 0 Å². The fourth-order valence-corrected chi connectivity index (χ4v) is 7.57. The quantitative estimate of drug-likeness (QED) is 0.0611. The van der Waals surface area contributed by atoms with Crippen LogP contribution in [0.1, 0.15) is 165 Å². The highest BCUT2D eigenvalue weighted by Crippen LogP contribution is 2.59. The highest BCUT2D eigenvalue weighted by atomic mass is 16.8. The first-order valence-electron chi connectivity index (χ1n) is 19.0. The van der Waals surface area contributed by atoms with E-state index in [1.165, 1.54) is 112 Å². The van der Waals surface area contributed by atoms with Gasteiger partial charge in [0.05, 0.1) is 6.61 Å². The molecule has 0 aliphatic carbocycles. The van der Waals surface area contributed by atoms with Crippen molar-refractivity contribution in [1.29, 1.82) is 0 Å². The van der Waals surface area contributed by atoms with E-state index in [-0.39, 0.29) is 6.42 Å². The third-order valence-electron chi connectivity index (χ3n) is 12.7. The van der Waals surface area contributed by atoms with Crippen LogP contribution in [0.4, 0.5) is 0 Å². The first kappa shape index (κ1) is 45.2. The average Bonchev–Trinajstić information content (AvgIpc) is 3.15. The molecule has 0 saturated carbocycles. The van der Waals surface area contributed by atoms with Crippen molar-refractivity contribution in [2.75, 3.05) is 19.8 Å². The summed E-state index contributed by atoms with van der Waals surface area (Å²) >= 11 is 0. The standard InChI is InChI=1S/C38H72O12/c1-10-11-12-13-14-15-16-17-18-19-20-21-22-23-24-25-29(41)47-28-31(3)33(5,43)34(6,44)35(7,45)37(9,48-31)50-38(27-40)36(8,46)32(4,42)30(2,26-39)49-38/h39-40,42-46H,10-28H2,1-9H3. The van der Waals surface area contributed by atoms with Crippen molar-refractivity contribution in [2.45, 2.75) is 216 Å². The lowest BCUT2D eigenvalue weighted by molar-refractivity contribution is -0.499. The van der Waals surface area contributed by atoms with Gasteiger partial charge in [-0.2, -0.15) is 0 Å². The Hall–Kier alpha value is -0.930. The van der Waals surface area contributed by atoms with E-state index in [1.807, 2.05) is 0 Å². The number of esters is 1. The van der Waals surface area contributed by atoms with E-state index in [0.29, 0.717) is 6.42 Å². The van der Waals surface area contributed by atoms with Crippen molar-refractivity contribution in [1.82, 2.24) is 0 Å². The number of aliphatic hydroxyl groups excluding tert-OH is 2. The van der Waals surface area contributed by atoms with Crippen LogP contribution in [0.2, 0.25) is 0 Å². The minimum atomic E-state index is -2.52. The molecule has 0 spiro atoms. The van der Waals surface area contributed by atoms with Gasteiger partial charge < -0.3 is 54.7 Å². The number of hydrogen-bond acceptors (Lipinski definition) is 12. The number of rotatable bonds is 22. The van der Waals surface area contributed by atoms with Gasteiger partial charge in [0, 0.05) is 6.42 Å². The maximum absolute atomic E-state index is 12.8. The molecule has 9 atom stereocenters. The van der Waals surface area contributed by atoms with Crippen molar-refractivity contribution in [3.63, 3.8) is 0 Å². The molecule has 12 heteroatoms. The Bertz CT molecular complexity index is 1070. The molecule has 0 aromatic heterocycles. The Morgan fingerprint density at radius 1 is 0.520 bits per heavy atom. The van der Waals surface area contributed by atoms with Crippen LogP contribution in [0.25, 0.3) is 0 Å². The summed E-state index contributed by atoms with van der Waals surface area (Å²) in [7, 11) is 0. The molecule has 0 radical (unpaired) electrons. The molecule has 0 aromatic rings. The molecule has 2 saturated heterocycles. The number of aliphatic hydroxyl groups is 7. The van der Waals surface area contributed by atoms with E-state index in [9.17, 15) is 40.5 Å². The second-order valence-electron chi connectivity index (χ2n) is 16.5. The molecule has 50 heavy (non-hydrogen) atoms. The molecular weight excluding hydrogens is 648 g/mol. The third-order valence-corrected chi connectivity index (χ3v) is 12.7.